The van der Waals surface area contributed by atoms with Crippen LogP contribution in [0.3, 0.4) is 0 Å². The van der Waals surface area contributed by atoms with Crippen molar-refractivity contribution in [2.75, 3.05) is 7.11 Å². The minimum Gasteiger partial charge on any atom is -0.496 e. The Morgan fingerprint density at radius 1 is 1.21 bits per heavy atom. The van der Waals surface area contributed by atoms with E-state index in [0.717, 1.165) is 35.6 Å². The molecule has 0 N–H and O–H groups in total. The van der Waals surface area contributed by atoms with Gasteiger partial charge in [-0.15, -0.1) is 0 Å². The van der Waals surface area contributed by atoms with Crippen molar-refractivity contribution in [1.29, 1.82) is 0 Å². The Labute approximate surface area is 116 Å². The average molecular weight is 260 g/mol. The van der Waals surface area contributed by atoms with Crippen LogP contribution in [0.1, 0.15) is 49.0 Å². The number of carbonyl (C=O) groups is 1. The van der Waals surface area contributed by atoms with E-state index in [1.807, 2.05) is 25.1 Å². The fourth-order valence-corrected chi connectivity index (χ4v) is 2.99. The van der Waals surface area contributed by atoms with E-state index < -0.39 is 0 Å². The summed E-state index contributed by atoms with van der Waals surface area (Å²) in [6.07, 6.45) is 3.22. The first-order valence-electron chi connectivity index (χ1n) is 7.21. The van der Waals surface area contributed by atoms with E-state index in [-0.39, 0.29) is 11.7 Å². The van der Waals surface area contributed by atoms with Crippen molar-refractivity contribution in [2.45, 2.75) is 40.0 Å². The molecule has 1 aliphatic rings. The smallest absolute Gasteiger partial charge is 0.166 e. The fourth-order valence-electron chi connectivity index (χ4n) is 2.99. The molecule has 1 aliphatic carbocycles. The molecule has 2 heteroatoms. The number of Topliss-reactive ketones (excluding diaryl/α,β-unsaturated/α-hetero) is 1. The van der Waals surface area contributed by atoms with E-state index in [2.05, 4.69) is 13.8 Å². The zero-order valence-electron chi connectivity index (χ0n) is 12.4. The minimum atomic E-state index is 0.193. The molecule has 1 aromatic rings. The number of aryl methyl sites for hydroxylation is 1. The van der Waals surface area contributed by atoms with E-state index >= 15 is 0 Å². The Morgan fingerprint density at radius 3 is 2.58 bits per heavy atom. The van der Waals surface area contributed by atoms with Gasteiger partial charge in [-0.2, -0.15) is 0 Å². The maximum absolute atomic E-state index is 12.6. The van der Waals surface area contributed by atoms with Gasteiger partial charge in [0.05, 0.1) is 7.11 Å². The molecular weight excluding hydrogens is 236 g/mol. The van der Waals surface area contributed by atoms with Gasteiger partial charge in [0.25, 0.3) is 0 Å². The lowest BCUT2D eigenvalue weighted by Gasteiger charge is -2.31. The fraction of sp³-hybridized carbons (Fsp3) is 0.588. The molecular formula is C17H24O2. The molecule has 0 amide bonds. The first-order valence-corrected chi connectivity index (χ1v) is 7.21. The Bertz CT molecular complexity index is 464. The number of ketones is 1. The summed E-state index contributed by atoms with van der Waals surface area (Å²) in [5.41, 5.74) is 1.87. The summed E-state index contributed by atoms with van der Waals surface area (Å²) in [6, 6.07) is 5.80. The van der Waals surface area contributed by atoms with Crippen molar-refractivity contribution in [3.8, 4) is 5.75 Å². The number of benzene rings is 1. The van der Waals surface area contributed by atoms with Crippen molar-refractivity contribution < 1.29 is 9.53 Å². The largest absolute Gasteiger partial charge is 0.496 e. The molecule has 2 rings (SSSR count). The maximum atomic E-state index is 12.6. The predicted octanol–water partition coefficient (Wildman–Crippen LogP) is 4.26. The summed E-state index contributed by atoms with van der Waals surface area (Å²) in [4.78, 5) is 12.6. The number of ether oxygens (including phenoxy) is 1. The quantitative estimate of drug-likeness (QED) is 0.759. The van der Waals surface area contributed by atoms with Gasteiger partial charge in [0.2, 0.25) is 0 Å². The van der Waals surface area contributed by atoms with Gasteiger partial charge >= 0.3 is 0 Å². The van der Waals surface area contributed by atoms with Gasteiger partial charge in [0, 0.05) is 11.5 Å². The standard InChI is InChI=1S/C17H24O2/c1-11-5-7-14(9-13(11)3)17(18)15-8-6-12(2)16(10-15)19-4/h6,8,10-11,13-14H,5,7,9H2,1-4H3. The monoisotopic (exact) mass is 260 g/mol. The van der Waals surface area contributed by atoms with Gasteiger partial charge in [-0.3, -0.25) is 4.79 Å². The third-order valence-electron chi connectivity index (χ3n) is 4.66. The number of rotatable bonds is 3. The highest BCUT2D eigenvalue weighted by Crippen LogP contribution is 2.35. The van der Waals surface area contributed by atoms with Crippen LogP contribution in [0.2, 0.25) is 0 Å². The molecule has 1 aromatic carbocycles. The first-order chi connectivity index (χ1) is 9.02. The maximum Gasteiger partial charge on any atom is 0.166 e. The molecule has 0 aliphatic heterocycles. The highest BCUT2D eigenvalue weighted by Gasteiger charge is 2.29. The van der Waals surface area contributed by atoms with Crippen LogP contribution in [-0.2, 0) is 0 Å². The summed E-state index contributed by atoms with van der Waals surface area (Å²) in [5.74, 6) is 2.69. The summed E-state index contributed by atoms with van der Waals surface area (Å²) < 4.78 is 5.31. The van der Waals surface area contributed by atoms with Crippen LogP contribution >= 0.6 is 0 Å². The third-order valence-corrected chi connectivity index (χ3v) is 4.66. The van der Waals surface area contributed by atoms with E-state index in [1.54, 1.807) is 7.11 Å². The lowest BCUT2D eigenvalue weighted by atomic mass is 9.73. The van der Waals surface area contributed by atoms with Crippen LogP contribution in [0.15, 0.2) is 18.2 Å². The Hall–Kier alpha value is -1.31. The molecule has 0 aromatic heterocycles. The van der Waals surface area contributed by atoms with Crippen LogP contribution < -0.4 is 4.74 Å². The Kier molecular flexibility index (Phi) is 4.28. The molecule has 0 bridgehead atoms. The van der Waals surface area contributed by atoms with Crippen LogP contribution in [0.5, 0.6) is 5.75 Å². The molecule has 1 saturated carbocycles. The SMILES string of the molecule is COc1cc(C(=O)C2CCC(C)C(C)C2)ccc1C. The summed E-state index contributed by atoms with van der Waals surface area (Å²) in [7, 11) is 1.65. The van der Waals surface area contributed by atoms with Gasteiger partial charge in [-0.25, -0.2) is 0 Å². The highest BCUT2D eigenvalue weighted by molar-refractivity contribution is 5.98. The van der Waals surface area contributed by atoms with Gasteiger partial charge in [0.15, 0.2) is 5.78 Å². The van der Waals surface area contributed by atoms with Gasteiger partial charge in [-0.05, 0) is 49.7 Å². The number of methoxy groups -OCH3 is 1. The first kappa shape index (κ1) is 14.1. The van der Waals surface area contributed by atoms with Crippen molar-refractivity contribution >= 4 is 5.78 Å². The second kappa shape index (κ2) is 5.77. The van der Waals surface area contributed by atoms with Crippen LogP contribution in [-0.4, -0.2) is 12.9 Å². The molecule has 0 radical (unpaired) electrons. The van der Waals surface area contributed by atoms with Gasteiger partial charge in [-0.1, -0.05) is 26.0 Å². The average Bonchev–Trinajstić information content (AvgIpc) is 2.41. The summed E-state index contributed by atoms with van der Waals surface area (Å²) in [6.45, 7) is 6.55. The van der Waals surface area contributed by atoms with Gasteiger partial charge < -0.3 is 4.74 Å². The Morgan fingerprint density at radius 2 is 1.95 bits per heavy atom. The van der Waals surface area contributed by atoms with Crippen molar-refractivity contribution in [3.05, 3.63) is 29.3 Å². The second-order valence-electron chi connectivity index (χ2n) is 6.01. The highest BCUT2D eigenvalue weighted by atomic mass is 16.5. The molecule has 3 unspecified atom stereocenters. The van der Waals surface area contributed by atoms with Crippen molar-refractivity contribution in [3.63, 3.8) is 0 Å². The molecule has 3 atom stereocenters. The van der Waals surface area contributed by atoms with Crippen molar-refractivity contribution in [2.24, 2.45) is 17.8 Å². The predicted molar refractivity (Wildman–Crippen MR) is 77.7 cm³/mol. The third kappa shape index (κ3) is 2.99. The molecule has 104 valence electrons. The minimum absolute atomic E-state index is 0.193. The number of hydrogen-bond acceptors (Lipinski definition) is 2. The second-order valence-corrected chi connectivity index (χ2v) is 6.01. The molecule has 0 spiro atoms. The molecule has 1 fully saturated rings. The van der Waals surface area contributed by atoms with Crippen LogP contribution in [0, 0.1) is 24.7 Å². The van der Waals surface area contributed by atoms with E-state index in [0.29, 0.717) is 5.92 Å². The van der Waals surface area contributed by atoms with Gasteiger partial charge in [0.1, 0.15) is 5.75 Å². The molecule has 19 heavy (non-hydrogen) atoms. The van der Waals surface area contributed by atoms with Crippen molar-refractivity contribution in [1.82, 2.24) is 0 Å². The molecule has 2 nitrogen and oxygen atoms in total. The normalized spacial score (nSPS) is 27.1. The zero-order chi connectivity index (χ0) is 14.0. The van der Waals surface area contributed by atoms with Crippen LogP contribution in [0.4, 0.5) is 0 Å². The molecule has 0 saturated heterocycles. The Balaban J connectivity index is 2.15. The van der Waals surface area contributed by atoms with E-state index in [1.165, 1.54) is 6.42 Å². The lowest BCUT2D eigenvalue weighted by Crippen LogP contribution is -2.26. The number of carbonyl (C=O) groups excluding carboxylic acids is 1. The topological polar surface area (TPSA) is 26.3 Å². The summed E-state index contributed by atoms with van der Waals surface area (Å²) in [5, 5.41) is 0. The summed E-state index contributed by atoms with van der Waals surface area (Å²) >= 11 is 0. The lowest BCUT2D eigenvalue weighted by molar-refractivity contribution is 0.0837. The van der Waals surface area contributed by atoms with E-state index in [4.69, 9.17) is 4.74 Å². The zero-order valence-corrected chi connectivity index (χ0v) is 12.4. The van der Waals surface area contributed by atoms with Crippen LogP contribution in [0.25, 0.3) is 0 Å². The number of hydrogen-bond donors (Lipinski definition) is 0. The van der Waals surface area contributed by atoms with E-state index in [9.17, 15) is 4.79 Å². The molecule has 0 heterocycles.